The van der Waals surface area contributed by atoms with Crippen LogP contribution in [-0.4, -0.2) is 30.1 Å². The maximum atomic E-state index is 10.7. The maximum absolute atomic E-state index is 10.7. The van der Waals surface area contributed by atoms with E-state index in [2.05, 4.69) is 0 Å². The molecule has 6 nitrogen and oxygen atoms in total. The minimum atomic E-state index is -1.30. The number of rotatable bonds is 3. The largest absolute Gasteiger partial charge is 0.477 e. The summed E-state index contributed by atoms with van der Waals surface area (Å²) in [6.07, 6.45) is 0. The lowest BCUT2D eigenvalue weighted by Crippen LogP contribution is -2.10. The molecule has 0 atom stereocenters. The molecule has 0 aromatic heterocycles. The van der Waals surface area contributed by atoms with Crippen LogP contribution in [0.4, 0.5) is 11.4 Å². The number of hydrogen-bond acceptors (Lipinski definition) is 4. The zero-order valence-electron chi connectivity index (χ0n) is 8.30. The van der Waals surface area contributed by atoms with E-state index in [9.17, 15) is 14.9 Å². The molecule has 15 heavy (non-hydrogen) atoms. The van der Waals surface area contributed by atoms with Crippen LogP contribution < -0.4 is 4.90 Å². The maximum Gasteiger partial charge on any atom is 0.342 e. The third-order valence-corrected chi connectivity index (χ3v) is 1.92. The number of carbonyl (C=O) groups is 1. The van der Waals surface area contributed by atoms with Crippen LogP contribution in [0.1, 0.15) is 10.4 Å². The van der Waals surface area contributed by atoms with Gasteiger partial charge in [-0.3, -0.25) is 10.1 Å². The molecule has 80 valence electrons. The van der Waals surface area contributed by atoms with Crippen molar-refractivity contribution in [1.29, 1.82) is 0 Å². The van der Waals surface area contributed by atoms with Crippen LogP contribution in [0.25, 0.3) is 0 Å². The number of nitrogens with zero attached hydrogens (tertiary/aromatic N) is 2. The molecule has 0 amide bonds. The Labute approximate surface area is 85.9 Å². The summed E-state index contributed by atoms with van der Waals surface area (Å²) in [5.74, 6) is -1.30. The van der Waals surface area contributed by atoms with Crippen LogP contribution in [0, 0.1) is 10.1 Å². The molecule has 0 heterocycles. The van der Waals surface area contributed by atoms with Crippen LogP contribution in [-0.2, 0) is 0 Å². The van der Waals surface area contributed by atoms with Crippen molar-refractivity contribution in [1.82, 2.24) is 0 Å². The van der Waals surface area contributed by atoms with Gasteiger partial charge in [0, 0.05) is 25.8 Å². The molecular formula is C9H10N2O4. The smallest absolute Gasteiger partial charge is 0.342 e. The van der Waals surface area contributed by atoms with Gasteiger partial charge in [-0.05, 0) is 12.1 Å². The summed E-state index contributed by atoms with van der Waals surface area (Å²) in [6, 6.07) is 4.00. The Kier molecular flexibility index (Phi) is 2.89. The highest BCUT2D eigenvalue weighted by molar-refractivity contribution is 5.93. The third-order valence-electron chi connectivity index (χ3n) is 1.92. The first-order chi connectivity index (χ1) is 6.93. The highest BCUT2D eigenvalue weighted by Gasteiger charge is 2.20. The zero-order chi connectivity index (χ0) is 11.6. The van der Waals surface area contributed by atoms with Gasteiger partial charge in [0.25, 0.3) is 5.69 Å². The van der Waals surface area contributed by atoms with Crippen LogP contribution in [0.15, 0.2) is 18.2 Å². The van der Waals surface area contributed by atoms with Gasteiger partial charge in [0.1, 0.15) is 5.56 Å². The standard InChI is InChI=1S/C9H10N2O4/c1-10(2)6-3-4-7(9(12)13)8(5-6)11(14)15/h3-5H,1-2H3,(H,12,13). The molecule has 0 saturated carbocycles. The van der Waals surface area contributed by atoms with Crippen molar-refractivity contribution in [3.63, 3.8) is 0 Å². The number of carboxylic acid groups (broad SMARTS) is 1. The number of aromatic carboxylic acids is 1. The van der Waals surface area contributed by atoms with Crippen LogP contribution in [0.2, 0.25) is 0 Å². The van der Waals surface area contributed by atoms with Gasteiger partial charge in [-0.15, -0.1) is 0 Å². The minimum Gasteiger partial charge on any atom is -0.477 e. The molecule has 1 aromatic carbocycles. The van der Waals surface area contributed by atoms with Crippen molar-refractivity contribution in [2.75, 3.05) is 19.0 Å². The molecule has 1 N–H and O–H groups in total. The fourth-order valence-corrected chi connectivity index (χ4v) is 1.13. The van der Waals surface area contributed by atoms with E-state index in [0.29, 0.717) is 5.69 Å². The molecule has 6 heteroatoms. The number of carboxylic acids is 1. The quantitative estimate of drug-likeness (QED) is 0.601. The van der Waals surface area contributed by atoms with Crippen molar-refractivity contribution in [2.24, 2.45) is 0 Å². The summed E-state index contributed by atoms with van der Waals surface area (Å²) in [5, 5.41) is 19.4. The number of benzene rings is 1. The normalized spacial score (nSPS) is 9.73. The molecular weight excluding hydrogens is 200 g/mol. The van der Waals surface area contributed by atoms with E-state index >= 15 is 0 Å². The molecule has 0 unspecified atom stereocenters. The number of anilines is 1. The molecule has 0 aliphatic carbocycles. The summed E-state index contributed by atoms with van der Waals surface area (Å²) in [4.78, 5) is 22.3. The van der Waals surface area contributed by atoms with Crippen molar-refractivity contribution < 1.29 is 14.8 Å². The van der Waals surface area contributed by atoms with E-state index in [4.69, 9.17) is 5.11 Å². The summed E-state index contributed by atoms with van der Waals surface area (Å²) in [6.45, 7) is 0. The first-order valence-corrected chi connectivity index (χ1v) is 4.12. The van der Waals surface area contributed by atoms with E-state index in [-0.39, 0.29) is 5.56 Å². The fraction of sp³-hybridized carbons (Fsp3) is 0.222. The molecule has 0 saturated heterocycles. The number of nitro benzene ring substituents is 1. The van der Waals surface area contributed by atoms with Crippen LogP contribution in [0.3, 0.4) is 0 Å². The predicted molar refractivity (Wildman–Crippen MR) is 54.4 cm³/mol. The van der Waals surface area contributed by atoms with E-state index in [0.717, 1.165) is 0 Å². The lowest BCUT2D eigenvalue weighted by Gasteiger charge is -2.12. The van der Waals surface area contributed by atoms with Crippen molar-refractivity contribution in [2.45, 2.75) is 0 Å². The van der Waals surface area contributed by atoms with Gasteiger partial charge in [-0.1, -0.05) is 0 Å². The van der Waals surface area contributed by atoms with Gasteiger partial charge < -0.3 is 10.0 Å². The summed E-state index contributed by atoms with van der Waals surface area (Å²) in [5.41, 5.74) is -0.106. The zero-order valence-corrected chi connectivity index (χ0v) is 8.30. The number of nitro groups is 1. The summed E-state index contributed by atoms with van der Waals surface area (Å²) < 4.78 is 0. The molecule has 0 fully saturated rings. The average Bonchev–Trinajstić information content (AvgIpc) is 2.16. The summed E-state index contributed by atoms with van der Waals surface area (Å²) in [7, 11) is 3.44. The Balaban J connectivity index is 3.33. The minimum absolute atomic E-state index is 0.300. The first-order valence-electron chi connectivity index (χ1n) is 4.12. The summed E-state index contributed by atoms with van der Waals surface area (Å²) >= 11 is 0. The van der Waals surface area contributed by atoms with E-state index in [1.54, 1.807) is 19.0 Å². The lowest BCUT2D eigenvalue weighted by molar-refractivity contribution is -0.385. The van der Waals surface area contributed by atoms with Crippen LogP contribution in [0.5, 0.6) is 0 Å². The van der Waals surface area contributed by atoms with Gasteiger partial charge in [0.05, 0.1) is 4.92 Å². The molecule has 1 rings (SSSR count). The molecule has 0 spiro atoms. The van der Waals surface area contributed by atoms with Crippen molar-refractivity contribution in [3.8, 4) is 0 Å². The Bertz CT molecular complexity index is 415. The molecule has 1 aromatic rings. The molecule has 0 aliphatic rings. The lowest BCUT2D eigenvalue weighted by atomic mass is 10.1. The molecule has 0 aliphatic heterocycles. The van der Waals surface area contributed by atoms with Gasteiger partial charge in [0.15, 0.2) is 0 Å². The fourth-order valence-electron chi connectivity index (χ4n) is 1.13. The van der Waals surface area contributed by atoms with Gasteiger partial charge in [-0.2, -0.15) is 0 Å². The Hall–Kier alpha value is -2.11. The van der Waals surface area contributed by atoms with E-state index in [1.807, 2.05) is 0 Å². The van der Waals surface area contributed by atoms with Crippen molar-refractivity contribution >= 4 is 17.3 Å². The first kappa shape index (κ1) is 11.0. The molecule has 0 bridgehead atoms. The Morgan fingerprint density at radius 2 is 2.07 bits per heavy atom. The van der Waals surface area contributed by atoms with Gasteiger partial charge in [0.2, 0.25) is 0 Å². The van der Waals surface area contributed by atoms with Gasteiger partial charge >= 0.3 is 5.97 Å². The third kappa shape index (κ3) is 2.22. The monoisotopic (exact) mass is 210 g/mol. The number of hydrogen-bond donors (Lipinski definition) is 1. The van der Waals surface area contributed by atoms with E-state index < -0.39 is 16.6 Å². The van der Waals surface area contributed by atoms with Gasteiger partial charge in [-0.25, -0.2) is 4.79 Å². The Morgan fingerprint density at radius 3 is 2.47 bits per heavy atom. The average molecular weight is 210 g/mol. The predicted octanol–water partition coefficient (Wildman–Crippen LogP) is 1.36. The molecule has 0 radical (unpaired) electrons. The second kappa shape index (κ2) is 3.95. The SMILES string of the molecule is CN(C)c1ccc(C(=O)O)c([N+](=O)[O-])c1. The van der Waals surface area contributed by atoms with Crippen molar-refractivity contribution in [3.05, 3.63) is 33.9 Å². The second-order valence-electron chi connectivity index (χ2n) is 3.16. The Morgan fingerprint density at radius 1 is 1.47 bits per heavy atom. The highest BCUT2D eigenvalue weighted by atomic mass is 16.6. The van der Waals surface area contributed by atoms with E-state index in [1.165, 1.54) is 18.2 Å². The highest BCUT2D eigenvalue weighted by Crippen LogP contribution is 2.24. The topological polar surface area (TPSA) is 83.7 Å². The van der Waals surface area contributed by atoms with Crippen LogP contribution >= 0.6 is 0 Å². The second-order valence-corrected chi connectivity index (χ2v) is 3.16.